The minimum atomic E-state index is -1.21. The van der Waals surface area contributed by atoms with Crippen molar-refractivity contribution in [2.75, 3.05) is 138 Å². The fourth-order valence-corrected chi connectivity index (χ4v) is 11.4. The first-order valence-corrected chi connectivity index (χ1v) is 41.0. The van der Waals surface area contributed by atoms with Crippen molar-refractivity contribution in [3.05, 3.63) is 0 Å². The van der Waals surface area contributed by atoms with Gasteiger partial charge in [0.2, 0.25) is 35.4 Å². The molecule has 0 aromatic heterocycles. The molecule has 0 unspecified atom stereocenters. The van der Waals surface area contributed by atoms with Gasteiger partial charge in [-0.3, -0.25) is 57.5 Å². The van der Waals surface area contributed by atoms with E-state index >= 15 is 0 Å². The zero-order valence-electron chi connectivity index (χ0n) is 67.3. The summed E-state index contributed by atoms with van der Waals surface area (Å²) in [4.78, 5) is 168. The minimum absolute atomic E-state index is 0.00159. The van der Waals surface area contributed by atoms with Crippen LogP contribution in [0.4, 0.5) is 0 Å². The van der Waals surface area contributed by atoms with Crippen LogP contribution >= 0.6 is 0 Å². The lowest BCUT2D eigenvalue weighted by Gasteiger charge is -2.17. The first kappa shape index (κ1) is 105. The molecule has 0 aliphatic heterocycles. The van der Waals surface area contributed by atoms with Gasteiger partial charge in [0.05, 0.1) is 78.7 Å². The highest BCUT2D eigenvalue weighted by molar-refractivity contribution is 5.87. The van der Waals surface area contributed by atoms with E-state index < -0.39 is 42.0 Å². The van der Waals surface area contributed by atoms with Crippen LogP contribution in [-0.4, -0.2) is 259 Å². The molecule has 0 aromatic carbocycles. The van der Waals surface area contributed by atoms with Crippen molar-refractivity contribution >= 4 is 82.5 Å². The number of Topliss-reactive ketones (excluding diaryl/α,β-unsaturated/α-hetero) is 4. The highest BCUT2D eigenvalue weighted by Crippen LogP contribution is 2.16. The van der Waals surface area contributed by atoms with Crippen LogP contribution in [0.25, 0.3) is 0 Å². The van der Waals surface area contributed by atoms with Crippen LogP contribution in [0.3, 0.4) is 0 Å². The molecular weight excluding hydrogens is 1460 g/mol. The number of unbranched alkanes of at least 4 members (excludes halogenated alkanes) is 20. The van der Waals surface area contributed by atoms with Crippen LogP contribution in [0.5, 0.6) is 0 Å². The van der Waals surface area contributed by atoms with E-state index in [1.54, 1.807) is 0 Å². The number of amides is 6. The van der Waals surface area contributed by atoms with Crippen molar-refractivity contribution in [3.63, 3.8) is 0 Å². The molecule has 0 heterocycles. The predicted molar refractivity (Wildman–Crippen MR) is 415 cm³/mol. The minimum Gasteiger partial charge on any atom is -0.481 e. The number of hydrogen-bond donors (Lipinski definition) is 11. The number of ether oxygens (including phenoxy) is 8. The third-order valence-corrected chi connectivity index (χ3v) is 18.0. The number of ketones is 4. The Bertz CT molecular complexity index is 2590. The van der Waals surface area contributed by atoms with E-state index in [0.717, 1.165) is 103 Å². The number of carbonyl (C=O) groups excluding carboxylic acids is 10. The largest absolute Gasteiger partial charge is 0.481 e. The van der Waals surface area contributed by atoms with E-state index in [1.807, 2.05) is 6.92 Å². The molecule has 0 saturated heterocycles. The van der Waals surface area contributed by atoms with Crippen molar-refractivity contribution in [2.24, 2.45) is 5.92 Å². The van der Waals surface area contributed by atoms with E-state index in [1.165, 1.54) is 6.92 Å². The fraction of sp³-hybridized carbons (Fsp3) is 0.823. The van der Waals surface area contributed by atoms with Crippen molar-refractivity contribution in [3.8, 4) is 0 Å². The van der Waals surface area contributed by atoms with Gasteiger partial charge in [-0.15, -0.1) is 0 Å². The van der Waals surface area contributed by atoms with Gasteiger partial charge in [0.25, 0.3) is 0 Å². The SMILES string of the molecule is CC(=O)[C@H](CCCCNC(=O)COCCOCCCC(=O)COCCOCCNC(=O)CC[C@H](NC(=O)CCCCCCCCCCCCC(=O)O)C(=O)O)NCC(=O)[C@@H](C)CCCCNC(=O)COCCOCCNC(=O)COCCOCCCC(=O)CC[C@H](NC(=O)CCCCCCCCCCCCC(=O)O)C(=O)O. The van der Waals surface area contributed by atoms with Crippen molar-refractivity contribution in [1.29, 1.82) is 0 Å². The van der Waals surface area contributed by atoms with Crippen LogP contribution in [-0.2, 0) is 105 Å². The number of carbonyl (C=O) groups is 14. The van der Waals surface area contributed by atoms with Crippen LogP contribution in [0, 0.1) is 5.92 Å². The molecule has 11 N–H and O–H groups in total. The second kappa shape index (κ2) is 75.4. The maximum atomic E-state index is 12.9. The van der Waals surface area contributed by atoms with Gasteiger partial charge in [-0.2, -0.15) is 0 Å². The molecule has 33 nitrogen and oxygen atoms in total. The molecule has 0 fully saturated rings. The molecule has 0 aliphatic rings. The highest BCUT2D eigenvalue weighted by atomic mass is 16.5. The molecule has 0 radical (unpaired) electrons. The van der Waals surface area contributed by atoms with Gasteiger partial charge < -0.3 is 95.5 Å². The Labute approximate surface area is 662 Å². The molecule has 33 heteroatoms. The number of rotatable bonds is 85. The summed E-state index contributed by atoms with van der Waals surface area (Å²) in [7, 11) is 0. The van der Waals surface area contributed by atoms with Crippen molar-refractivity contribution < 1.29 is 125 Å². The van der Waals surface area contributed by atoms with Gasteiger partial charge in [0, 0.05) is 96.7 Å². The molecule has 4 atom stereocenters. The monoisotopic (exact) mass is 1600 g/mol. The average molecular weight is 1600 g/mol. The number of carboxylic acid groups (broad SMARTS) is 4. The van der Waals surface area contributed by atoms with Gasteiger partial charge in [0.15, 0.2) is 5.78 Å². The molecule has 112 heavy (non-hydrogen) atoms. The van der Waals surface area contributed by atoms with Crippen LogP contribution in [0.15, 0.2) is 0 Å². The van der Waals surface area contributed by atoms with E-state index in [-0.39, 0.29) is 247 Å². The summed E-state index contributed by atoms with van der Waals surface area (Å²) < 4.78 is 43.3. The van der Waals surface area contributed by atoms with E-state index in [9.17, 15) is 77.3 Å². The molecule has 0 spiro atoms. The summed E-state index contributed by atoms with van der Waals surface area (Å²) in [5, 5.41) is 55.5. The Hall–Kier alpha value is -6.98. The number of carboxylic acids is 4. The first-order chi connectivity index (χ1) is 54.0. The lowest BCUT2D eigenvalue weighted by atomic mass is 9.98. The predicted octanol–water partition coefficient (Wildman–Crippen LogP) is 6.61. The average Bonchev–Trinajstić information content (AvgIpc) is 0.937. The second-order valence-electron chi connectivity index (χ2n) is 28.1. The Morgan fingerprint density at radius 3 is 1.02 bits per heavy atom. The third-order valence-electron chi connectivity index (χ3n) is 18.0. The van der Waals surface area contributed by atoms with Gasteiger partial charge in [-0.25, -0.2) is 9.59 Å². The van der Waals surface area contributed by atoms with Gasteiger partial charge in [0.1, 0.15) is 55.9 Å². The topological polar surface area (TPSA) is 478 Å². The lowest BCUT2D eigenvalue weighted by molar-refractivity contribution is -0.142. The van der Waals surface area contributed by atoms with Crippen LogP contribution in [0.1, 0.15) is 258 Å². The Morgan fingerprint density at radius 1 is 0.277 bits per heavy atom. The molecule has 0 saturated carbocycles. The molecule has 646 valence electrons. The smallest absolute Gasteiger partial charge is 0.326 e. The summed E-state index contributed by atoms with van der Waals surface area (Å²) >= 11 is 0. The van der Waals surface area contributed by atoms with E-state index in [2.05, 4.69) is 37.2 Å². The molecular formula is C79H139N7O26. The molecule has 0 rings (SSSR count). The highest BCUT2D eigenvalue weighted by Gasteiger charge is 2.24. The maximum absolute atomic E-state index is 12.9. The number of aliphatic carboxylic acids is 4. The van der Waals surface area contributed by atoms with Crippen molar-refractivity contribution in [1.82, 2.24) is 37.2 Å². The summed E-state index contributed by atoms with van der Waals surface area (Å²) in [5.41, 5.74) is 0. The molecule has 0 aromatic rings. The summed E-state index contributed by atoms with van der Waals surface area (Å²) in [6.07, 6.45) is 24.8. The number of nitrogens with one attached hydrogen (secondary N) is 7. The van der Waals surface area contributed by atoms with Gasteiger partial charge in [-0.1, -0.05) is 116 Å². The van der Waals surface area contributed by atoms with E-state index in [4.69, 9.17) is 48.1 Å². The summed E-state index contributed by atoms with van der Waals surface area (Å²) in [6, 6.07) is -2.82. The first-order valence-electron chi connectivity index (χ1n) is 41.0. The van der Waals surface area contributed by atoms with Crippen LogP contribution < -0.4 is 37.2 Å². The lowest BCUT2D eigenvalue weighted by Crippen LogP contribution is -2.41. The Morgan fingerprint density at radius 2 is 0.616 bits per heavy atom. The zero-order valence-corrected chi connectivity index (χ0v) is 67.3. The number of hydrogen-bond acceptors (Lipinski definition) is 23. The third kappa shape index (κ3) is 72.0. The van der Waals surface area contributed by atoms with Gasteiger partial charge in [-0.05, 0) is 90.4 Å². The quantitative estimate of drug-likeness (QED) is 0.0285. The molecule has 0 bridgehead atoms. The Kier molecular flexibility index (Phi) is 70.7. The van der Waals surface area contributed by atoms with Gasteiger partial charge >= 0.3 is 23.9 Å². The van der Waals surface area contributed by atoms with Crippen LogP contribution in [0.2, 0.25) is 0 Å². The normalized spacial score (nSPS) is 12.3. The van der Waals surface area contributed by atoms with Crippen molar-refractivity contribution in [2.45, 2.75) is 276 Å². The molecule has 0 aliphatic carbocycles. The summed E-state index contributed by atoms with van der Waals surface area (Å²) in [6.45, 7) is 6.46. The zero-order chi connectivity index (χ0) is 82.7. The second-order valence-corrected chi connectivity index (χ2v) is 28.1. The fourth-order valence-electron chi connectivity index (χ4n) is 11.4. The molecule has 6 amide bonds. The standard InChI is InChI=1S/C79H139N7O26/c1-62(29-23-25-41-80-73(94)60-112-56-52-108-48-44-83-75(96)61-111-55-49-105-45-27-30-64(88)37-38-67(78(101)102)85-71(92)33-19-15-11-7-3-5-9-13-17-21-35-76(97)98)69(90)57-84-66(63(2)87)32-24-26-42-81-74(95)59-110-54-50-106-46-28-31-65(89)58-109-53-51-107-47-43-82-70(91)40-39-68(79(103)104)86-72(93)34-20-16-12-8-4-6-10-14-18-22-36-77(99)100/h62,66-68,84H,3-61H2,1-2H3,(H,80,94)(H,81,95)(H,82,91)(H,83,96)(H,85,92)(H,86,93)(H,97,98)(H,99,100)(H,101,102)(H,103,104)/t62-,66-,67-,68-/m0/s1. The Balaban J connectivity index is 3.81. The van der Waals surface area contributed by atoms with E-state index in [0.29, 0.717) is 96.7 Å². The maximum Gasteiger partial charge on any atom is 0.326 e. The summed E-state index contributed by atoms with van der Waals surface area (Å²) in [5.74, 6) is -6.53.